The van der Waals surface area contributed by atoms with Gasteiger partial charge in [0.2, 0.25) is 5.91 Å². The minimum absolute atomic E-state index is 0.0225. The van der Waals surface area contributed by atoms with Crippen LogP contribution in [0.25, 0.3) is 0 Å². The summed E-state index contributed by atoms with van der Waals surface area (Å²) in [5, 5.41) is 3.11. The van der Waals surface area contributed by atoms with Gasteiger partial charge in [0.1, 0.15) is 0 Å². The van der Waals surface area contributed by atoms with Gasteiger partial charge in [-0.2, -0.15) is 0 Å². The molecule has 0 unspecified atom stereocenters. The zero-order valence-corrected chi connectivity index (χ0v) is 16.0. The molecule has 26 heavy (non-hydrogen) atoms. The van der Waals surface area contributed by atoms with E-state index in [1.807, 2.05) is 4.90 Å². The van der Waals surface area contributed by atoms with Gasteiger partial charge in [0.05, 0.1) is 5.92 Å². The van der Waals surface area contributed by atoms with E-state index in [0.717, 1.165) is 19.5 Å². The van der Waals surface area contributed by atoms with Crippen molar-refractivity contribution in [1.29, 1.82) is 0 Å². The standard InChI is InChI=1S/C21H28F2N2O/c1-13(2)9-16-19(21(16,3)4)20(26)24-11-14-7-8-25(12-14)15-5-6-17(22)18(23)10-15/h5-6,9-10,14,16,19H,7-8,11-12H2,1-4H3,(H,24,26)/t14-,16+,19+/m0/s1. The van der Waals surface area contributed by atoms with Crippen LogP contribution in [-0.4, -0.2) is 25.5 Å². The van der Waals surface area contributed by atoms with Gasteiger partial charge >= 0.3 is 0 Å². The Morgan fingerprint density at radius 2 is 2.04 bits per heavy atom. The molecule has 3 rings (SSSR count). The van der Waals surface area contributed by atoms with Crippen LogP contribution in [0.1, 0.15) is 34.1 Å². The summed E-state index contributed by atoms with van der Waals surface area (Å²) in [5.74, 6) is -0.828. The molecule has 0 spiro atoms. The number of carbonyl (C=O) groups excluding carboxylic acids is 1. The number of halogens is 2. The molecule has 1 heterocycles. The maximum Gasteiger partial charge on any atom is 0.224 e. The fourth-order valence-electron chi connectivity index (χ4n) is 4.12. The van der Waals surface area contributed by atoms with Gasteiger partial charge in [-0.15, -0.1) is 0 Å². The molecule has 0 bridgehead atoms. The number of benzene rings is 1. The number of rotatable bonds is 5. The minimum Gasteiger partial charge on any atom is -0.371 e. The molecule has 1 aromatic rings. The van der Waals surface area contributed by atoms with E-state index < -0.39 is 11.6 Å². The van der Waals surface area contributed by atoms with E-state index in [2.05, 4.69) is 39.1 Å². The highest BCUT2D eigenvalue weighted by molar-refractivity contribution is 5.83. The van der Waals surface area contributed by atoms with Crippen LogP contribution in [0.2, 0.25) is 0 Å². The van der Waals surface area contributed by atoms with Gasteiger partial charge in [-0.05, 0) is 49.7 Å². The Morgan fingerprint density at radius 1 is 1.31 bits per heavy atom. The molecule has 1 aliphatic carbocycles. The summed E-state index contributed by atoms with van der Waals surface area (Å²) in [4.78, 5) is 14.6. The first-order valence-electron chi connectivity index (χ1n) is 9.33. The molecular weight excluding hydrogens is 334 g/mol. The first kappa shape index (κ1) is 18.9. The lowest BCUT2D eigenvalue weighted by molar-refractivity contribution is -0.123. The zero-order chi connectivity index (χ0) is 19.1. The van der Waals surface area contributed by atoms with Crippen LogP contribution < -0.4 is 10.2 Å². The van der Waals surface area contributed by atoms with Crippen molar-refractivity contribution in [1.82, 2.24) is 5.32 Å². The van der Waals surface area contributed by atoms with Gasteiger partial charge in [0.25, 0.3) is 0 Å². The second-order valence-electron chi connectivity index (χ2n) is 8.51. The second kappa shape index (κ2) is 7.01. The molecule has 3 atom stereocenters. The maximum atomic E-state index is 13.4. The van der Waals surface area contributed by atoms with Crippen LogP contribution >= 0.6 is 0 Å². The van der Waals surface area contributed by atoms with Gasteiger partial charge in [-0.3, -0.25) is 4.79 Å². The molecule has 0 radical (unpaired) electrons. The molecule has 0 aromatic heterocycles. The fraction of sp³-hybridized carbons (Fsp3) is 0.571. The van der Waals surface area contributed by atoms with Crippen molar-refractivity contribution in [2.75, 3.05) is 24.5 Å². The number of anilines is 1. The Bertz CT molecular complexity index is 725. The Balaban J connectivity index is 1.51. The first-order valence-corrected chi connectivity index (χ1v) is 9.33. The van der Waals surface area contributed by atoms with E-state index in [4.69, 9.17) is 0 Å². The van der Waals surface area contributed by atoms with Gasteiger partial charge in [0.15, 0.2) is 11.6 Å². The Morgan fingerprint density at radius 3 is 2.69 bits per heavy atom. The molecule has 1 saturated heterocycles. The molecule has 3 nitrogen and oxygen atoms in total. The molecular formula is C21H28F2N2O. The van der Waals surface area contributed by atoms with E-state index in [9.17, 15) is 13.6 Å². The number of nitrogens with one attached hydrogen (secondary N) is 1. The summed E-state index contributed by atoms with van der Waals surface area (Å²) in [6.45, 7) is 10.6. The quantitative estimate of drug-likeness (QED) is 0.798. The van der Waals surface area contributed by atoms with Crippen LogP contribution in [0, 0.1) is 34.8 Å². The van der Waals surface area contributed by atoms with E-state index in [1.54, 1.807) is 6.07 Å². The third kappa shape index (κ3) is 3.76. The van der Waals surface area contributed by atoms with E-state index >= 15 is 0 Å². The summed E-state index contributed by atoms with van der Waals surface area (Å²) in [5.41, 5.74) is 1.97. The molecule has 1 N–H and O–H groups in total. The molecule has 1 saturated carbocycles. The van der Waals surface area contributed by atoms with Crippen molar-refractivity contribution in [2.45, 2.75) is 34.1 Å². The van der Waals surface area contributed by atoms with Gasteiger partial charge in [-0.25, -0.2) is 8.78 Å². The van der Waals surface area contributed by atoms with E-state index in [1.165, 1.54) is 17.7 Å². The highest BCUT2D eigenvalue weighted by Crippen LogP contribution is 2.59. The number of hydrogen-bond acceptors (Lipinski definition) is 2. The lowest BCUT2D eigenvalue weighted by atomic mass is 10.1. The average Bonchev–Trinajstić information content (AvgIpc) is 2.92. The molecule has 1 aliphatic heterocycles. The van der Waals surface area contributed by atoms with Crippen molar-refractivity contribution < 1.29 is 13.6 Å². The van der Waals surface area contributed by atoms with Gasteiger partial charge < -0.3 is 10.2 Å². The minimum atomic E-state index is -0.824. The van der Waals surface area contributed by atoms with Crippen molar-refractivity contribution in [3.05, 3.63) is 41.5 Å². The van der Waals surface area contributed by atoms with Crippen LogP contribution in [0.4, 0.5) is 14.5 Å². The number of carbonyl (C=O) groups is 1. The summed E-state index contributed by atoms with van der Waals surface area (Å²) < 4.78 is 26.5. The third-order valence-corrected chi connectivity index (χ3v) is 5.83. The number of allylic oxidation sites excluding steroid dienone is 2. The smallest absolute Gasteiger partial charge is 0.224 e. The SMILES string of the molecule is CC(C)=C[C@@H]1[C@H](C(=O)NC[C@@H]2CCN(c3ccc(F)c(F)c3)C2)C1(C)C. The topological polar surface area (TPSA) is 32.3 Å². The van der Waals surface area contributed by atoms with Crippen molar-refractivity contribution in [3.8, 4) is 0 Å². The number of nitrogens with zero attached hydrogens (tertiary/aromatic N) is 1. The molecule has 5 heteroatoms. The normalized spacial score (nSPS) is 26.5. The first-order chi connectivity index (χ1) is 12.2. The van der Waals surface area contributed by atoms with Crippen LogP contribution in [0.5, 0.6) is 0 Å². The van der Waals surface area contributed by atoms with E-state index in [0.29, 0.717) is 24.1 Å². The Kier molecular flexibility index (Phi) is 5.09. The molecule has 2 aliphatic rings. The summed E-state index contributed by atoms with van der Waals surface area (Å²) in [7, 11) is 0. The summed E-state index contributed by atoms with van der Waals surface area (Å²) >= 11 is 0. The van der Waals surface area contributed by atoms with Gasteiger partial charge in [0, 0.05) is 31.4 Å². The van der Waals surface area contributed by atoms with Crippen LogP contribution in [-0.2, 0) is 4.79 Å². The van der Waals surface area contributed by atoms with E-state index in [-0.39, 0.29) is 17.2 Å². The lowest BCUT2D eigenvalue weighted by Gasteiger charge is -2.19. The molecule has 1 aromatic carbocycles. The zero-order valence-electron chi connectivity index (χ0n) is 16.0. The lowest BCUT2D eigenvalue weighted by Crippen LogP contribution is -2.33. The monoisotopic (exact) mass is 362 g/mol. The van der Waals surface area contributed by atoms with Crippen molar-refractivity contribution in [2.24, 2.45) is 23.2 Å². The van der Waals surface area contributed by atoms with Crippen LogP contribution in [0.15, 0.2) is 29.8 Å². The second-order valence-corrected chi connectivity index (χ2v) is 8.51. The van der Waals surface area contributed by atoms with Crippen molar-refractivity contribution >= 4 is 11.6 Å². The average molecular weight is 362 g/mol. The van der Waals surface area contributed by atoms with Crippen LogP contribution in [0.3, 0.4) is 0 Å². The highest BCUT2D eigenvalue weighted by Gasteiger charge is 2.60. The largest absolute Gasteiger partial charge is 0.371 e. The summed E-state index contributed by atoms with van der Waals surface area (Å²) in [6, 6.07) is 4.02. The maximum absolute atomic E-state index is 13.4. The molecule has 2 fully saturated rings. The Hall–Kier alpha value is -1.91. The number of hydrogen-bond donors (Lipinski definition) is 1. The Labute approximate surface area is 154 Å². The summed E-state index contributed by atoms with van der Waals surface area (Å²) in [6.07, 6.45) is 3.13. The number of amides is 1. The van der Waals surface area contributed by atoms with Gasteiger partial charge in [-0.1, -0.05) is 25.5 Å². The molecule has 1 amide bonds. The predicted molar refractivity (Wildman–Crippen MR) is 99.9 cm³/mol. The predicted octanol–water partition coefficient (Wildman–Crippen LogP) is 4.15. The molecule has 142 valence electrons. The van der Waals surface area contributed by atoms with Crippen molar-refractivity contribution in [3.63, 3.8) is 0 Å². The highest BCUT2D eigenvalue weighted by atomic mass is 19.2. The third-order valence-electron chi connectivity index (χ3n) is 5.83. The fourth-order valence-corrected chi connectivity index (χ4v) is 4.12.